The molecule has 0 radical (unpaired) electrons. The number of hydrogen-bond acceptors (Lipinski definition) is 3. The molecule has 0 rings (SSSR count). The van der Waals surface area contributed by atoms with Crippen LogP contribution in [0.1, 0.15) is 54.9 Å². The first kappa shape index (κ1) is 18.9. The van der Waals surface area contributed by atoms with Crippen molar-refractivity contribution in [2.24, 2.45) is 10.8 Å². The molecular weight excluding hydrogens is 308 g/mol. The molecule has 114 valence electrons. The molecule has 0 saturated heterocycles. The summed E-state index contributed by atoms with van der Waals surface area (Å²) in [7, 11) is 0. The Bertz CT molecular complexity index is 290. The van der Waals surface area contributed by atoms with E-state index in [0.717, 1.165) is 5.33 Å². The second-order valence-electron chi connectivity index (χ2n) is 7.72. The van der Waals surface area contributed by atoms with E-state index in [9.17, 15) is 4.79 Å². The molecule has 0 aromatic heterocycles. The third kappa shape index (κ3) is 10.4. The molecular formula is C15H29BrO3. The zero-order valence-corrected chi connectivity index (χ0v) is 15.0. The number of alkyl halides is 1. The predicted octanol–water partition coefficient (Wildman–Crippen LogP) is 4.18. The standard InChI is InChI=1S/C15H29BrO3/c1-13(2,3)19-12(17)8-14(4,5)10-18-11-15(6,7)9-16/h8-11H2,1-7H3. The molecule has 0 fully saturated rings. The summed E-state index contributed by atoms with van der Waals surface area (Å²) in [5.41, 5.74) is -0.515. The van der Waals surface area contributed by atoms with Gasteiger partial charge in [-0.25, -0.2) is 0 Å². The summed E-state index contributed by atoms with van der Waals surface area (Å²) in [6.07, 6.45) is 0.374. The summed E-state index contributed by atoms with van der Waals surface area (Å²) >= 11 is 3.47. The van der Waals surface area contributed by atoms with E-state index < -0.39 is 5.60 Å². The second kappa shape index (κ2) is 7.07. The summed E-state index contributed by atoms with van der Waals surface area (Å²) in [5.74, 6) is -0.166. The van der Waals surface area contributed by atoms with E-state index in [4.69, 9.17) is 9.47 Å². The largest absolute Gasteiger partial charge is 0.460 e. The molecule has 4 heteroatoms. The van der Waals surface area contributed by atoms with Crippen molar-refractivity contribution in [1.82, 2.24) is 0 Å². The lowest BCUT2D eigenvalue weighted by Gasteiger charge is -2.28. The Morgan fingerprint density at radius 3 is 1.84 bits per heavy atom. The van der Waals surface area contributed by atoms with Crippen LogP contribution in [0.4, 0.5) is 0 Å². The molecule has 0 N–H and O–H groups in total. The average Bonchev–Trinajstić information content (AvgIpc) is 2.12. The van der Waals surface area contributed by atoms with E-state index in [1.807, 2.05) is 34.6 Å². The van der Waals surface area contributed by atoms with Crippen LogP contribution in [-0.4, -0.2) is 30.1 Å². The fourth-order valence-electron chi connectivity index (χ4n) is 1.46. The highest BCUT2D eigenvalue weighted by atomic mass is 79.9. The Labute approximate surface area is 126 Å². The first-order valence-corrected chi connectivity index (χ1v) is 7.85. The fourth-order valence-corrected chi connectivity index (χ4v) is 1.62. The van der Waals surface area contributed by atoms with E-state index in [1.54, 1.807) is 0 Å². The number of ether oxygens (including phenoxy) is 2. The quantitative estimate of drug-likeness (QED) is 0.516. The van der Waals surface area contributed by atoms with Gasteiger partial charge in [-0.3, -0.25) is 4.79 Å². The van der Waals surface area contributed by atoms with Gasteiger partial charge in [0.25, 0.3) is 0 Å². The van der Waals surface area contributed by atoms with Gasteiger partial charge in [0, 0.05) is 5.33 Å². The fraction of sp³-hybridized carbons (Fsp3) is 0.933. The van der Waals surface area contributed by atoms with Gasteiger partial charge in [-0.05, 0) is 31.6 Å². The minimum atomic E-state index is -0.425. The minimum Gasteiger partial charge on any atom is -0.460 e. The Hall–Kier alpha value is -0.0900. The van der Waals surface area contributed by atoms with Crippen molar-refractivity contribution < 1.29 is 14.3 Å². The highest BCUT2D eigenvalue weighted by Gasteiger charge is 2.27. The number of hydrogen-bond donors (Lipinski definition) is 0. The molecule has 0 amide bonds. The smallest absolute Gasteiger partial charge is 0.306 e. The number of rotatable bonds is 7. The Balaban J connectivity index is 4.15. The number of halogens is 1. The van der Waals surface area contributed by atoms with Gasteiger partial charge >= 0.3 is 5.97 Å². The molecule has 0 unspecified atom stereocenters. The van der Waals surface area contributed by atoms with Crippen molar-refractivity contribution in [3.05, 3.63) is 0 Å². The van der Waals surface area contributed by atoms with Crippen molar-refractivity contribution in [2.45, 2.75) is 60.5 Å². The molecule has 0 saturated carbocycles. The van der Waals surface area contributed by atoms with Gasteiger partial charge in [-0.2, -0.15) is 0 Å². The van der Waals surface area contributed by atoms with Crippen molar-refractivity contribution in [2.75, 3.05) is 18.5 Å². The van der Waals surface area contributed by atoms with Crippen molar-refractivity contribution in [1.29, 1.82) is 0 Å². The lowest BCUT2D eigenvalue weighted by molar-refractivity contribution is -0.158. The van der Waals surface area contributed by atoms with Gasteiger partial charge in [-0.15, -0.1) is 0 Å². The third-order valence-electron chi connectivity index (χ3n) is 2.39. The number of esters is 1. The van der Waals surface area contributed by atoms with E-state index in [-0.39, 0.29) is 16.8 Å². The molecule has 0 spiro atoms. The lowest BCUT2D eigenvalue weighted by Crippen LogP contribution is -2.31. The maximum absolute atomic E-state index is 11.8. The molecule has 0 bridgehead atoms. The second-order valence-corrected chi connectivity index (χ2v) is 8.28. The maximum Gasteiger partial charge on any atom is 0.306 e. The van der Waals surface area contributed by atoms with Crippen LogP contribution in [0.3, 0.4) is 0 Å². The summed E-state index contributed by atoms with van der Waals surface area (Å²) in [5, 5.41) is 0.895. The summed E-state index contributed by atoms with van der Waals surface area (Å²) in [6, 6.07) is 0. The van der Waals surface area contributed by atoms with E-state index >= 15 is 0 Å². The topological polar surface area (TPSA) is 35.5 Å². The van der Waals surface area contributed by atoms with Crippen LogP contribution in [0.15, 0.2) is 0 Å². The van der Waals surface area contributed by atoms with Gasteiger partial charge in [0.2, 0.25) is 0 Å². The molecule has 0 atom stereocenters. The number of carbonyl (C=O) groups excluding carboxylic acids is 1. The molecule has 0 aliphatic heterocycles. The van der Waals surface area contributed by atoms with Crippen LogP contribution in [0, 0.1) is 10.8 Å². The SMILES string of the molecule is CC(C)(CBr)COCC(C)(C)CC(=O)OC(C)(C)C. The molecule has 0 aliphatic rings. The number of carbonyl (C=O) groups is 1. The Kier molecular flexibility index (Phi) is 7.04. The van der Waals surface area contributed by atoms with Crippen LogP contribution < -0.4 is 0 Å². The lowest BCUT2D eigenvalue weighted by atomic mass is 9.90. The van der Waals surface area contributed by atoms with Gasteiger partial charge in [0.05, 0.1) is 19.6 Å². The molecule has 0 aromatic rings. The van der Waals surface area contributed by atoms with E-state index in [1.165, 1.54) is 0 Å². The molecule has 3 nitrogen and oxygen atoms in total. The normalized spacial score (nSPS) is 13.5. The van der Waals surface area contributed by atoms with E-state index in [0.29, 0.717) is 19.6 Å². The van der Waals surface area contributed by atoms with Crippen LogP contribution in [0.2, 0.25) is 0 Å². The summed E-state index contributed by atoms with van der Waals surface area (Å²) < 4.78 is 11.1. The highest BCUT2D eigenvalue weighted by molar-refractivity contribution is 9.09. The van der Waals surface area contributed by atoms with Crippen molar-refractivity contribution in [3.8, 4) is 0 Å². The Morgan fingerprint density at radius 2 is 1.42 bits per heavy atom. The van der Waals surface area contributed by atoms with Crippen LogP contribution in [-0.2, 0) is 14.3 Å². The van der Waals surface area contributed by atoms with Crippen molar-refractivity contribution in [3.63, 3.8) is 0 Å². The summed E-state index contributed by atoms with van der Waals surface area (Å²) in [6.45, 7) is 15.2. The van der Waals surface area contributed by atoms with Gasteiger partial charge in [0.1, 0.15) is 5.60 Å². The van der Waals surface area contributed by atoms with Crippen LogP contribution in [0.5, 0.6) is 0 Å². The monoisotopic (exact) mass is 336 g/mol. The maximum atomic E-state index is 11.8. The first-order chi connectivity index (χ1) is 8.37. The predicted molar refractivity (Wildman–Crippen MR) is 82.6 cm³/mol. The molecule has 0 aliphatic carbocycles. The van der Waals surface area contributed by atoms with Crippen LogP contribution in [0.25, 0.3) is 0 Å². The van der Waals surface area contributed by atoms with E-state index in [2.05, 4.69) is 29.8 Å². The average molecular weight is 337 g/mol. The van der Waals surface area contributed by atoms with Gasteiger partial charge < -0.3 is 9.47 Å². The highest BCUT2D eigenvalue weighted by Crippen LogP contribution is 2.25. The minimum absolute atomic E-state index is 0.113. The van der Waals surface area contributed by atoms with Gasteiger partial charge in [0.15, 0.2) is 0 Å². The molecule has 0 aromatic carbocycles. The first-order valence-electron chi connectivity index (χ1n) is 6.72. The molecule has 0 heterocycles. The zero-order valence-electron chi connectivity index (χ0n) is 13.4. The Morgan fingerprint density at radius 1 is 0.947 bits per heavy atom. The molecule has 19 heavy (non-hydrogen) atoms. The van der Waals surface area contributed by atoms with Gasteiger partial charge in [-0.1, -0.05) is 43.6 Å². The zero-order chi connectivity index (χ0) is 15.3. The van der Waals surface area contributed by atoms with Crippen LogP contribution >= 0.6 is 15.9 Å². The third-order valence-corrected chi connectivity index (χ3v) is 3.91. The summed E-state index contributed by atoms with van der Waals surface area (Å²) in [4.78, 5) is 11.8. The van der Waals surface area contributed by atoms with Crippen molar-refractivity contribution >= 4 is 21.9 Å².